The summed E-state index contributed by atoms with van der Waals surface area (Å²) in [4.78, 5) is 40.1. The predicted octanol–water partition coefficient (Wildman–Crippen LogP) is 2.96. The number of benzene rings is 2. The van der Waals surface area contributed by atoms with Gasteiger partial charge < -0.3 is 26.0 Å². The van der Waals surface area contributed by atoms with Gasteiger partial charge in [0.05, 0.1) is 41.2 Å². The molecule has 1 saturated heterocycles. The number of nitrogens with zero attached hydrogens (tertiary/aromatic N) is 4. The number of pyridine rings is 1. The van der Waals surface area contributed by atoms with Gasteiger partial charge in [-0.25, -0.2) is 9.97 Å². The lowest BCUT2D eigenvalue weighted by molar-refractivity contribution is 0.0994. The number of fused-ring (bicyclic) bond motifs is 1. The number of rotatable bonds is 6. The van der Waals surface area contributed by atoms with Crippen LogP contribution in [0.2, 0.25) is 0 Å². The minimum atomic E-state index is -0.694. The Morgan fingerprint density at radius 3 is 2.46 bits per heavy atom. The van der Waals surface area contributed by atoms with Crippen molar-refractivity contribution in [1.29, 1.82) is 0 Å². The SMILES string of the molecule is NC(=O)c1nc2ccccc2nc1Nc1ccc(N2CCOCC2)c(NC(=O)c2cccnc2)c1. The molecule has 0 radical (unpaired) electrons. The number of primary amides is 1. The lowest BCUT2D eigenvalue weighted by Gasteiger charge is -2.31. The third kappa shape index (κ3) is 4.87. The molecule has 0 atom stereocenters. The first kappa shape index (κ1) is 22.2. The van der Waals surface area contributed by atoms with Crippen LogP contribution in [0.4, 0.5) is 22.9 Å². The van der Waals surface area contributed by atoms with Crippen molar-refractivity contribution in [3.05, 3.63) is 78.2 Å². The van der Waals surface area contributed by atoms with Gasteiger partial charge in [-0.15, -0.1) is 0 Å². The number of carbonyl (C=O) groups is 2. The van der Waals surface area contributed by atoms with E-state index in [1.807, 2.05) is 24.3 Å². The molecule has 2 aromatic heterocycles. The first-order valence-electron chi connectivity index (χ1n) is 11.1. The topological polar surface area (TPSA) is 135 Å². The second kappa shape index (κ2) is 9.74. The van der Waals surface area contributed by atoms with Crippen LogP contribution in [0.1, 0.15) is 20.8 Å². The zero-order valence-corrected chi connectivity index (χ0v) is 18.8. The van der Waals surface area contributed by atoms with E-state index in [-0.39, 0.29) is 17.4 Å². The summed E-state index contributed by atoms with van der Waals surface area (Å²) < 4.78 is 5.48. The molecule has 3 heterocycles. The number of hydrogen-bond donors (Lipinski definition) is 3. The van der Waals surface area contributed by atoms with E-state index in [2.05, 4.69) is 30.5 Å². The largest absolute Gasteiger partial charge is 0.378 e. The number of morpholine rings is 1. The van der Waals surface area contributed by atoms with Crippen LogP contribution in [0.5, 0.6) is 0 Å². The zero-order valence-electron chi connectivity index (χ0n) is 18.8. The molecule has 2 amide bonds. The summed E-state index contributed by atoms with van der Waals surface area (Å²) in [6, 6.07) is 16.2. The Hall–Kier alpha value is -4.57. The standard InChI is InChI=1S/C25H23N7O3/c26-23(33)22-24(30-19-6-2-1-5-18(19)29-22)28-17-7-8-21(32-10-12-35-13-11-32)20(14-17)31-25(34)16-4-3-9-27-15-16/h1-9,14-15H,10-13H2,(H2,26,33)(H,28,30)(H,31,34). The summed E-state index contributed by atoms with van der Waals surface area (Å²) >= 11 is 0. The molecular weight excluding hydrogens is 446 g/mol. The number of para-hydroxylation sites is 2. The summed E-state index contributed by atoms with van der Waals surface area (Å²) in [5.41, 5.74) is 9.30. The molecule has 1 fully saturated rings. The van der Waals surface area contributed by atoms with E-state index >= 15 is 0 Å². The van der Waals surface area contributed by atoms with Gasteiger partial charge in [0.25, 0.3) is 11.8 Å². The molecule has 4 N–H and O–H groups in total. The van der Waals surface area contributed by atoms with Gasteiger partial charge in [-0.3, -0.25) is 14.6 Å². The Kier molecular flexibility index (Phi) is 6.18. The zero-order chi connectivity index (χ0) is 24.2. The van der Waals surface area contributed by atoms with Gasteiger partial charge in [0.1, 0.15) is 0 Å². The third-order valence-electron chi connectivity index (χ3n) is 5.59. The Morgan fingerprint density at radius 2 is 1.74 bits per heavy atom. The highest BCUT2D eigenvalue weighted by Crippen LogP contribution is 2.32. The van der Waals surface area contributed by atoms with Crippen LogP contribution < -0.4 is 21.3 Å². The van der Waals surface area contributed by atoms with E-state index in [1.54, 1.807) is 36.5 Å². The average Bonchev–Trinajstić information content (AvgIpc) is 2.89. The molecule has 10 heteroatoms. The maximum absolute atomic E-state index is 12.9. The number of nitrogens with two attached hydrogens (primary N) is 1. The van der Waals surface area contributed by atoms with Gasteiger partial charge >= 0.3 is 0 Å². The molecule has 0 aliphatic carbocycles. The summed E-state index contributed by atoms with van der Waals surface area (Å²) in [6.07, 6.45) is 3.12. The van der Waals surface area contributed by atoms with Crippen molar-refractivity contribution in [2.75, 3.05) is 41.8 Å². The van der Waals surface area contributed by atoms with Crippen LogP contribution >= 0.6 is 0 Å². The van der Waals surface area contributed by atoms with E-state index in [1.165, 1.54) is 6.20 Å². The highest BCUT2D eigenvalue weighted by molar-refractivity contribution is 6.06. The summed E-state index contributed by atoms with van der Waals surface area (Å²) in [5.74, 6) is -0.742. The quantitative estimate of drug-likeness (QED) is 0.392. The van der Waals surface area contributed by atoms with Gasteiger partial charge in [-0.1, -0.05) is 12.1 Å². The molecule has 35 heavy (non-hydrogen) atoms. The van der Waals surface area contributed by atoms with Gasteiger partial charge in [0.2, 0.25) is 0 Å². The van der Waals surface area contributed by atoms with E-state index in [0.717, 1.165) is 5.69 Å². The van der Waals surface area contributed by atoms with Crippen molar-refractivity contribution < 1.29 is 14.3 Å². The molecule has 4 aromatic rings. The van der Waals surface area contributed by atoms with E-state index in [4.69, 9.17) is 10.5 Å². The lowest BCUT2D eigenvalue weighted by Crippen LogP contribution is -2.36. The Morgan fingerprint density at radius 1 is 0.971 bits per heavy atom. The molecule has 0 bridgehead atoms. The van der Waals surface area contributed by atoms with E-state index in [0.29, 0.717) is 54.3 Å². The maximum Gasteiger partial charge on any atom is 0.271 e. The number of anilines is 4. The summed E-state index contributed by atoms with van der Waals surface area (Å²) in [6.45, 7) is 2.60. The van der Waals surface area contributed by atoms with Crippen LogP contribution in [0.25, 0.3) is 11.0 Å². The first-order valence-corrected chi connectivity index (χ1v) is 11.1. The molecule has 0 unspecified atom stereocenters. The molecule has 1 aliphatic rings. The highest BCUT2D eigenvalue weighted by Gasteiger charge is 2.19. The number of aromatic nitrogens is 3. The predicted molar refractivity (Wildman–Crippen MR) is 133 cm³/mol. The molecule has 5 rings (SSSR count). The van der Waals surface area contributed by atoms with Gasteiger partial charge in [0.15, 0.2) is 11.5 Å². The van der Waals surface area contributed by atoms with Crippen LogP contribution in [-0.2, 0) is 4.74 Å². The lowest BCUT2D eigenvalue weighted by atomic mass is 10.1. The van der Waals surface area contributed by atoms with E-state index in [9.17, 15) is 9.59 Å². The number of ether oxygens (including phenoxy) is 1. The van der Waals surface area contributed by atoms with Gasteiger partial charge in [0, 0.05) is 31.2 Å². The second-order valence-corrected chi connectivity index (χ2v) is 7.93. The van der Waals surface area contributed by atoms with Crippen LogP contribution in [0.3, 0.4) is 0 Å². The monoisotopic (exact) mass is 469 g/mol. The number of amides is 2. The normalized spacial score (nSPS) is 13.4. The van der Waals surface area contributed by atoms with Crippen LogP contribution in [-0.4, -0.2) is 53.1 Å². The minimum Gasteiger partial charge on any atom is -0.378 e. The first-order chi connectivity index (χ1) is 17.1. The number of hydrogen-bond acceptors (Lipinski definition) is 8. The second-order valence-electron chi connectivity index (χ2n) is 7.93. The van der Waals surface area contributed by atoms with Crippen LogP contribution in [0, 0.1) is 0 Å². The molecular formula is C25H23N7O3. The molecule has 1 aliphatic heterocycles. The minimum absolute atomic E-state index is 0.0295. The number of carbonyl (C=O) groups excluding carboxylic acids is 2. The van der Waals surface area contributed by atoms with Crippen molar-refractivity contribution in [2.24, 2.45) is 5.73 Å². The molecule has 2 aromatic carbocycles. The van der Waals surface area contributed by atoms with Gasteiger partial charge in [-0.05, 0) is 42.5 Å². The molecule has 0 saturated carbocycles. The number of nitrogens with one attached hydrogen (secondary N) is 2. The Balaban J connectivity index is 1.51. The smallest absolute Gasteiger partial charge is 0.271 e. The van der Waals surface area contributed by atoms with Crippen LogP contribution in [0.15, 0.2) is 67.0 Å². The third-order valence-corrected chi connectivity index (χ3v) is 5.59. The molecule has 0 spiro atoms. The Labute approximate surface area is 201 Å². The van der Waals surface area contributed by atoms with Crippen molar-refractivity contribution in [1.82, 2.24) is 15.0 Å². The fraction of sp³-hybridized carbons (Fsp3) is 0.160. The van der Waals surface area contributed by atoms with Crippen molar-refractivity contribution in [3.8, 4) is 0 Å². The van der Waals surface area contributed by atoms with Crippen molar-refractivity contribution >= 4 is 45.7 Å². The highest BCUT2D eigenvalue weighted by atomic mass is 16.5. The Bertz CT molecular complexity index is 1390. The average molecular weight is 470 g/mol. The molecule has 176 valence electrons. The summed E-state index contributed by atoms with van der Waals surface area (Å²) in [5, 5.41) is 6.14. The fourth-order valence-corrected chi connectivity index (χ4v) is 3.88. The summed E-state index contributed by atoms with van der Waals surface area (Å²) in [7, 11) is 0. The van der Waals surface area contributed by atoms with E-state index < -0.39 is 5.91 Å². The maximum atomic E-state index is 12.9. The van der Waals surface area contributed by atoms with Crippen molar-refractivity contribution in [3.63, 3.8) is 0 Å². The molecule has 10 nitrogen and oxygen atoms in total. The van der Waals surface area contributed by atoms with Gasteiger partial charge in [-0.2, -0.15) is 0 Å². The van der Waals surface area contributed by atoms with Crippen molar-refractivity contribution in [2.45, 2.75) is 0 Å². The fourth-order valence-electron chi connectivity index (χ4n) is 3.88.